The molecule has 1 aliphatic heterocycles. The van der Waals surface area contributed by atoms with Crippen LogP contribution in [0.5, 0.6) is 5.75 Å². The van der Waals surface area contributed by atoms with Crippen molar-refractivity contribution in [3.05, 3.63) is 59.4 Å². The zero-order valence-electron chi connectivity index (χ0n) is 19.1. The van der Waals surface area contributed by atoms with Crippen LogP contribution in [-0.4, -0.2) is 58.2 Å². The number of nitrogens with zero attached hydrogens (tertiary/aromatic N) is 2. The molecule has 1 aromatic carbocycles. The van der Waals surface area contributed by atoms with Crippen LogP contribution in [0.2, 0.25) is 0 Å². The van der Waals surface area contributed by atoms with Crippen molar-refractivity contribution in [3.8, 4) is 11.8 Å². The number of nitriles is 1. The lowest BCUT2D eigenvalue weighted by atomic mass is 10.1. The molecule has 182 valence electrons. The quantitative estimate of drug-likeness (QED) is 0.315. The predicted molar refractivity (Wildman–Crippen MR) is 122 cm³/mol. The molecule has 1 fully saturated rings. The van der Waals surface area contributed by atoms with Gasteiger partial charge in [-0.05, 0) is 36.4 Å². The molecule has 0 radical (unpaired) electrons. The number of esters is 3. The topological polar surface area (TPSA) is 142 Å². The van der Waals surface area contributed by atoms with E-state index >= 15 is 0 Å². The Balaban J connectivity index is 1.92. The van der Waals surface area contributed by atoms with Crippen molar-refractivity contribution in [3.63, 3.8) is 0 Å². The smallest absolute Gasteiger partial charge is 0.303 e. The number of ether oxygens (including phenoxy) is 4. The maximum absolute atomic E-state index is 13.1. The Morgan fingerprint density at radius 1 is 0.943 bits per heavy atom. The molecule has 3 rings (SSSR count). The van der Waals surface area contributed by atoms with Crippen molar-refractivity contribution in [1.29, 1.82) is 5.26 Å². The molecule has 0 amide bonds. The molecule has 1 saturated heterocycles. The van der Waals surface area contributed by atoms with Gasteiger partial charge in [0.15, 0.2) is 35.2 Å². The van der Waals surface area contributed by atoms with Crippen LogP contribution in [0.25, 0.3) is 0 Å². The summed E-state index contributed by atoms with van der Waals surface area (Å²) in [6, 6.07) is 11.2. The minimum absolute atomic E-state index is 0.00512. The van der Waals surface area contributed by atoms with Gasteiger partial charge >= 0.3 is 17.9 Å². The number of aromatic nitrogens is 1. The van der Waals surface area contributed by atoms with Crippen LogP contribution in [0.1, 0.15) is 42.4 Å². The van der Waals surface area contributed by atoms with Crippen molar-refractivity contribution in [2.24, 2.45) is 0 Å². The van der Waals surface area contributed by atoms with Crippen molar-refractivity contribution in [2.45, 2.75) is 44.5 Å². The number of pyridine rings is 1. The fourth-order valence-corrected chi connectivity index (χ4v) is 4.63. The summed E-state index contributed by atoms with van der Waals surface area (Å²) in [5.41, 5.74) is -0.203. The molecule has 2 heterocycles. The first-order valence-electron chi connectivity index (χ1n) is 10.5. The number of rotatable bonds is 7. The maximum atomic E-state index is 13.1. The molecule has 0 spiro atoms. The zero-order valence-corrected chi connectivity index (χ0v) is 19.9. The molecule has 4 atom stereocenters. The second-order valence-corrected chi connectivity index (χ2v) is 8.62. The number of hydrogen-bond donors (Lipinski definition) is 0. The Kier molecular flexibility index (Phi) is 8.43. The van der Waals surface area contributed by atoms with Crippen LogP contribution in [0.15, 0.2) is 42.6 Å². The summed E-state index contributed by atoms with van der Waals surface area (Å²) in [6.07, 6.45) is -1.71. The number of benzene rings is 1. The second kappa shape index (κ2) is 11.5. The number of carbonyl (C=O) groups excluding carboxylic acids is 4. The Labute approximate surface area is 205 Å². The minimum Gasteiger partial charge on any atom is -0.473 e. The molecular formula is C24H22N2O8S. The van der Waals surface area contributed by atoms with E-state index in [9.17, 15) is 19.2 Å². The summed E-state index contributed by atoms with van der Waals surface area (Å²) in [5, 5.41) is 8.98. The Hall–Kier alpha value is -3.91. The molecule has 0 aliphatic carbocycles. The van der Waals surface area contributed by atoms with Gasteiger partial charge in [0.05, 0.1) is 11.6 Å². The summed E-state index contributed by atoms with van der Waals surface area (Å²) in [7, 11) is 0. The maximum Gasteiger partial charge on any atom is 0.303 e. The van der Waals surface area contributed by atoms with Gasteiger partial charge in [0.2, 0.25) is 5.78 Å². The molecular weight excluding hydrogens is 476 g/mol. The van der Waals surface area contributed by atoms with Gasteiger partial charge in [0.25, 0.3) is 0 Å². The standard InChI is InChI=1S/C24H22N2O8S/c1-13(27)31-19-12-35-24(23(33-15(3)29)22(19)32-14(2)28)34-18-5-4-10-26-20(18)21(30)17-8-6-16(11-25)7-9-17/h4-10,19,22-24H,12H2,1-3H3/t19-,22+,23-,24-/m1/s1. The fraction of sp³-hybridized carbons (Fsp3) is 0.333. The average Bonchev–Trinajstić information content (AvgIpc) is 2.82. The van der Waals surface area contributed by atoms with Crippen LogP contribution in [0.3, 0.4) is 0 Å². The van der Waals surface area contributed by atoms with E-state index < -0.39 is 47.4 Å². The lowest BCUT2D eigenvalue weighted by Gasteiger charge is -2.40. The van der Waals surface area contributed by atoms with E-state index in [4.69, 9.17) is 24.2 Å². The first-order valence-corrected chi connectivity index (χ1v) is 11.5. The van der Waals surface area contributed by atoms with Gasteiger partial charge in [-0.1, -0.05) is 0 Å². The summed E-state index contributed by atoms with van der Waals surface area (Å²) in [4.78, 5) is 52.4. The summed E-state index contributed by atoms with van der Waals surface area (Å²) >= 11 is 1.17. The van der Waals surface area contributed by atoms with Crippen molar-refractivity contribution in [2.75, 3.05) is 5.75 Å². The molecule has 0 saturated carbocycles. The van der Waals surface area contributed by atoms with Crippen molar-refractivity contribution >= 4 is 35.5 Å². The third-order valence-electron chi connectivity index (χ3n) is 4.81. The Morgan fingerprint density at radius 3 is 2.17 bits per heavy atom. The normalized spacial score (nSPS) is 21.2. The third-order valence-corrected chi connectivity index (χ3v) is 6.02. The van der Waals surface area contributed by atoms with Gasteiger partial charge in [0.1, 0.15) is 0 Å². The van der Waals surface area contributed by atoms with Gasteiger partial charge < -0.3 is 18.9 Å². The molecule has 0 N–H and O–H groups in total. The lowest BCUT2D eigenvalue weighted by molar-refractivity contribution is -0.186. The van der Waals surface area contributed by atoms with Crippen LogP contribution < -0.4 is 4.74 Å². The summed E-state index contributed by atoms with van der Waals surface area (Å²) in [6.45, 7) is 3.59. The first kappa shape index (κ1) is 25.7. The highest BCUT2D eigenvalue weighted by Gasteiger charge is 2.48. The zero-order chi connectivity index (χ0) is 25.5. The van der Waals surface area contributed by atoms with Gasteiger partial charge in [-0.25, -0.2) is 4.98 Å². The molecule has 2 aromatic rings. The third kappa shape index (κ3) is 6.58. The Bertz CT molecular complexity index is 1160. The van der Waals surface area contributed by atoms with Gasteiger partial charge in [-0.15, -0.1) is 11.8 Å². The Morgan fingerprint density at radius 2 is 1.57 bits per heavy atom. The van der Waals surface area contributed by atoms with Gasteiger partial charge in [0, 0.05) is 38.3 Å². The van der Waals surface area contributed by atoms with E-state index in [1.54, 1.807) is 6.07 Å². The summed E-state index contributed by atoms with van der Waals surface area (Å²) < 4.78 is 22.1. The van der Waals surface area contributed by atoms with E-state index in [1.165, 1.54) is 69.1 Å². The van der Waals surface area contributed by atoms with E-state index in [0.29, 0.717) is 11.1 Å². The summed E-state index contributed by atoms with van der Waals surface area (Å²) in [5.74, 6) is -2.05. The van der Waals surface area contributed by atoms with E-state index in [2.05, 4.69) is 4.98 Å². The fourth-order valence-electron chi connectivity index (χ4n) is 3.42. The minimum atomic E-state index is -1.14. The molecule has 1 aromatic heterocycles. The number of carbonyl (C=O) groups is 4. The largest absolute Gasteiger partial charge is 0.473 e. The highest BCUT2D eigenvalue weighted by molar-refractivity contribution is 7.99. The second-order valence-electron chi connectivity index (χ2n) is 7.48. The van der Waals surface area contributed by atoms with Crippen molar-refractivity contribution in [1.82, 2.24) is 4.98 Å². The number of hydrogen-bond acceptors (Lipinski definition) is 11. The predicted octanol–water partition coefficient (Wildman–Crippen LogP) is 2.43. The number of ketones is 1. The molecule has 0 unspecified atom stereocenters. The van der Waals surface area contributed by atoms with Gasteiger partial charge in [-0.2, -0.15) is 5.26 Å². The van der Waals surface area contributed by atoms with Crippen molar-refractivity contribution < 1.29 is 38.1 Å². The monoisotopic (exact) mass is 498 g/mol. The van der Waals surface area contributed by atoms with E-state index in [1.807, 2.05) is 6.07 Å². The molecule has 35 heavy (non-hydrogen) atoms. The lowest BCUT2D eigenvalue weighted by Crippen LogP contribution is -2.55. The van der Waals surface area contributed by atoms with E-state index in [0.717, 1.165) is 0 Å². The van der Waals surface area contributed by atoms with Crippen LogP contribution in [-0.2, 0) is 28.6 Å². The number of thioether (sulfide) groups is 1. The van der Waals surface area contributed by atoms with Crippen LogP contribution in [0.4, 0.5) is 0 Å². The van der Waals surface area contributed by atoms with Gasteiger partial charge in [-0.3, -0.25) is 19.2 Å². The first-order chi connectivity index (χ1) is 16.7. The average molecular weight is 499 g/mol. The SMILES string of the molecule is CC(=O)O[C@@H]1[C@@H](OC(C)=O)[C@H](OC(C)=O)CS[C@H]1Oc1cccnc1C(=O)c1ccc(C#N)cc1. The molecule has 1 aliphatic rings. The molecule has 10 nitrogen and oxygen atoms in total. The van der Waals surface area contributed by atoms with Crippen LogP contribution >= 0.6 is 11.8 Å². The van der Waals surface area contributed by atoms with Crippen LogP contribution in [0, 0.1) is 11.3 Å². The van der Waals surface area contributed by atoms with E-state index in [-0.39, 0.29) is 17.2 Å². The highest BCUT2D eigenvalue weighted by atomic mass is 32.2. The molecule has 11 heteroatoms. The highest BCUT2D eigenvalue weighted by Crippen LogP contribution is 2.35. The molecule has 0 bridgehead atoms.